The SMILES string of the molecule is CC(C)Oc1nnc(SCC(=O)Nc2ccccc2)s1. The van der Waals surface area contributed by atoms with E-state index < -0.39 is 0 Å². The number of benzene rings is 1. The zero-order valence-electron chi connectivity index (χ0n) is 11.2. The van der Waals surface area contributed by atoms with Crippen LogP contribution in [0.25, 0.3) is 0 Å². The van der Waals surface area contributed by atoms with Gasteiger partial charge in [-0.15, -0.1) is 5.10 Å². The van der Waals surface area contributed by atoms with Crippen molar-refractivity contribution in [3.05, 3.63) is 30.3 Å². The van der Waals surface area contributed by atoms with E-state index >= 15 is 0 Å². The maximum Gasteiger partial charge on any atom is 0.295 e. The number of nitrogens with zero attached hydrogens (tertiary/aromatic N) is 2. The van der Waals surface area contributed by atoms with Crippen LogP contribution in [0.5, 0.6) is 5.19 Å². The molecule has 0 fully saturated rings. The Bertz CT molecular complexity index is 558. The smallest absolute Gasteiger partial charge is 0.295 e. The first-order chi connectivity index (χ1) is 9.63. The molecule has 20 heavy (non-hydrogen) atoms. The molecule has 7 heteroatoms. The highest BCUT2D eigenvalue weighted by Crippen LogP contribution is 2.27. The summed E-state index contributed by atoms with van der Waals surface area (Å²) in [6, 6.07) is 9.36. The van der Waals surface area contributed by atoms with Gasteiger partial charge >= 0.3 is 0 Å². The third kappa shape index (κ3) is 4.82. The second-order valence-electron chi connectivity index (χ2n) is 4.20. The number of hydrogen-bond acceptors (Lipinski definition) is 6. The topological polar surface area (TPSA) is 64.1 Å². The van der Waals surface area contributed by atoms with Crippen LogP contribution in [0.1, 0.15) is 13.8 Å². The summed E-state index contributed by atoms with van der Waals surface area (Å²) in [6.45, 7) is 3.86. The summed E-state index contributed by atoms with van der Waals surface area (Å²) < 4.78 is 6.15. The summed E-state index contributed by atoms with van der Waals surface area (Å²) in [5.41, 5.74) is 0.791. The molecule has 0 saturated carbocycles. The van der Waals surface area contributed by atoms with Crippen molar-refractivity contribution in [1.82, 2.24) is 10.2 Å². The van der Waals surface area contributed by atoms with Crippen molar-refractivity contribution < 1.29 is 9.53 Å². The number of ether oxygens (including phenoxy) is 1. The Labute approximate surface area is 125 Å². The zero-order valence-corrected chi connectivity index (χ0v) is 12.8. The van der Waals surface area contributed by atoms with Gasteiger partial charge in [-0.05, 0) is 37.3 Å². The van der Waals surface area contributed by atoms with E-state index in [9.17, 15) is 4.79 Å². The first-order valence-corrected chi connectivity index (χ1v) is 7.91. The molecule has 0 aliphatic rings. The lowest BCUT2D eigenvalue weighted by Gasteiger charge is -2.03. The molecule has 106 valence electrons. The number of thioether (sulfide) groups is 1. The van der Waals surface area contributed by atoms with E-state index in [1.807, 2.05) is 44.2 Å². The lowest BCUT2D eigenvalue weighted by molar-refractivity contribution is -0.113. The Hall–Kier alpha value is -1.60. The number of carbonyl (C=O) groups excluding carboxylic acids is 1. The molecule has 1 amide bonds. The van der Waals surface area contributed by atoms with Crippen LogP contribution in [0.4, 0.5) is 5.69 Å². The van der Waals surface area contributed by atoms with Gasteiger partial charge in [-0.1, -0.05) is 35.1 Å². The van der Waals surface area contributed by atoms with Crippen LogP contribution in [0.15, 0.2) is 34.7 Å². The van der Waals surface area contributed by atoms with Crippen LogP contribution in [-0.4, -0.2) is 28.0 Å². The van der Waals surface area contributed by atoms with Gasteiger partial charge in [-0.25, -0.2) is 0 Å². The maximum atomic E-state index is 11.8. The number of anilines is 1. The molecule has 0 bridgehead atoms. The Morgan fingerprint density at radius 2 is 2.10 bits per heavy atom. The van der Waals surface area contributed by atoms with E-state index in [0.29, 0.717) is 10.9 Å². The van der Waals surface area contributed by atoms with E-state index in [1.54, 1.807) is 0 Å². The van der Waals surface area contributed by atoms with Crippen molar-refractivity contribution in [1.29, 1.82) is 0 Å². The summed E-state index contributed by atoms with van der Waals surface area (Å²) >= 11 is 2.70. The lowest BCUT2D eigenvalue weighted by atomic mass is 10.3. The van der Waals surface area contributed by atoms with Crippen molar-refractivity contribution in [3.8, 4) is 5.19 Å². The third-order valence-electron chi connectivity index (χ3n) is 2.11. The number of para-hydroxylation sites is 1. The second-order valence-corrected chi connectivity index (χ2v) is 6.37. The third-order valence-corrected chi connectivity index (χ3v) is 4.06. The van der Waals surface area contributed by atoms with Gasteiger partial charge in [0, 0.05) is 5.69 Å². The standard InChI is InChI=1S/C13H15N3O2S2/c1-9(2)18-12-15-16-13(20-12)19-8-11(17)14-10-6-4-3-5-7-10/h3-7,9H,8H2,1-2H3,(H,14,17). The lowest BCUT2D eigenvalue weighted by Crippen LogP contribution is -2.13. The van der Waals surface area contributed by atoms with Gasteiger partial charge in [-0.2, -0.15) is 0 Å². The molecule has 1 N–H and O–H groups in total. The number of amides is 1. The van der Waals surface area contributed by atoms with Crippen LogP contribution >= 0.6 is 23.1 Å². The average molecular weight is 309 g/mol. The monoisotopic (exact) mass is 309 g/mol. The molecule has 2 aromatic rings. The van der Waals surface area contributed by atoms with E-state index in [1.165, 1.54) is 23.1 Å². The van der Waals surface area contributed by atoms with Crippen LogP contribution in [0, 0.1) is 0 Å². The quantitative estimate of drug-likeness (QED) is 0.831. The van der Waals surface area contributed by atoms with Crippen molar-refractivity contribution in [2.75, 3.05) is 11.1 Å². The molecule has 0 atom stereocenters. The fourth-order valence-electron chi connectivity index (χ4n) is 1.35. The number of nitrogens with one attached hydrogen (secondary N) is 1. The average Bonchev–Trinajstić information content (AvgIpc) is 2.84. The van der Waals surface area contributed by atoms with Crippen LogP contribution < -0.4 is 10.1 Å². The zero-order chi connectivity index (χ0) is 14.4. The molecule has 0 radical (unpaired) electrons. The summed E-state index contributed by atoms with van der Waals surface area (Å²) in [5.74, 6) is 0.230. The highest BCUT2D eigenvalue weighted by Gasteiger charge is 2.10. The number of carbonyl (C=O) groups is 1. The predicted molar refractivity (Wildman–Crippen MR) is 81.5 cm³/mol. The fraction of sp³-hybridized carbons (Fsp3) is 0.308. The Morgan fingerprint density at radius 1 is 1.35 bits per heavy atom. The summed E-state index contributed by atoms with van der Waals surface area (Å²) in [6.07, 6.45) is 0.0715. The van der Waals surface area contributed by atoms with E-state index in [2.05, 4.69) is 15.5 Å². The van der Waals surface area contributed by atoms with Gasteiger partial charge in [0.05, 0.1) is 11.9 Å². The van der Waals surface area contributed by atoms with Gasteiger partial charge < -0.3 is 10.1 Å². The molecule has 1 heterocycles. The molecular weight excluding hydrogens is 294 g/mol. The normalized spacial score (nSPS) is 10.6. The molecule has 0 aliphatic carbocycles. The van der Waals surface area contributed by atoms with E-state index in [-0.39, 0.29) is 12.0 Å². The summed E-state index contributed by atoms with van der Waals surface area (Å²) in [7, 11) is 0. The van der Waals surface area contributed by atoms with Crippen LogP contribution in [0.3, 0.4) is 0 Å². The Morgan fingerprint density at radius 3 is 2.80 bits per heavy atom. The fourth-order valence-corrected chi connectivity index (χ4v) is 2.96. The van der Waals surface area contributed by atoms with Crippen LogP contribution in [0.2, 0.25) is 0 Å². The first kappa shape index (κ1) is 14.8. The minimum absolute atomic E-state index is 0.0669. The Balaban J connectivity index is 1.80. The van der Waals surface area contributed by atoms with Crippen molar-refractivity contribution in [3.63, 3.8) is 0 Å². The van der Waals surface area contributed by atoms with E-state index in [0.717, 1.165) is 10.0 Å². The molecule has 0 unspecified atom stereocenters. The number of hydrogen-bond donors (Lipinski definition) is 1. The van der Waals surface area contributed by atoms with Crippen molar-refractivity contribution in [2.24, 2.45) is 0 Å². The molecule has 0 spiro atoms. The second kappa shape index (κ2) is 7.25. The van der Waals surface area contributed by atoms with Gasteiger partial charge in [0.1, 0.15) is 0 Å². The molecule has 1 aromatic heterocycles. The van der Waals surface area contributed by atoms with Crippen molar-refractivity contribution in [2.45, 2.75) is 24.3 Å². The largest absolute Gasteiger partial charge is 0.466 e. The van der Waals surface area contributed by atoms with E-state index in [4.69, 9.17) is 4.74 Å². The summed E-state index contributed by atoms with van der Waals surface area (Å²) in [5, 5.41) is 11.2. The molecular formula is C13H15N3O2S2. The summed E-state index contributed by atoms with van der Waals surface area (Å²) in [4.78, 5) is 11.8. The Kier molecular flexibility index (Phi) is 5.37. The van der Waals surface area contributed by atoms with Gasteiger partial charge in [0.2, 0.25) is 5.91 Å². The number of aromatic nitrogens is 2. The minimum Gasteiger partial charge on any atom is -0.466 e. The maximum absolute atomic E-state index is 11.8. The molecule has 2 rings (SSSR count). The molecule has 0 aliphatic heterocycles. The van der Waals surface area contributed by atoms with Crippen molar-refractivity contribution >= 4 is 34.7 Å². The molecule has 0 saturated heterocycles. The first-order valence-electron chi connectivity index (χ1n) is 6.11. The van der Waals surface area contributed by atoms with Crippen LogP contribution in [-0.2, 0) is 4.79 Å². The van der Waals surface area contributed by atoms with Gasteiger partial charge in [0.15, 0.2) is 4.34 Å². The van der Waals surface area contributed by atoms with Gasteiger partial charge in [0.25, 0.3) is 5.19 Å². The number of rotatable bonds is 6. The highest BCUT2D eigenvalue weighted by atomic mass is 32.2. The molecule has 5 nitrogen and oxygen atoms in total. The highest BCUT2D eigenvalue weighted by molar-refractivity contribution is 8.01. The predicted octanol–water partition coefficient (Wildman–Crippen LogP) is 3.06. The van der Waals surface area contributed by atoms with Gasteiger partial charge in [-0.3, -0.25) is 4.79 Å². The molecule has 1 aromatic carbocycles. The minimum atomic E-state index is -0.0669.